The first-order valence-electron chi connectivity index (χ1n) is 7.89. The van der Waals surface area contributed by atoms with E-state index >= 15 is 0 Å². The maximum atomic E-state index is 6.44. The molecule has 5 nitrogen and oxygen atoms in total. The average Bonchev–Trinajstić information content (AvgIpc) is 3.15. The molecule has 0 unspecified atom stereocenters. The largest absolute Gasteiger partial charge is 0.367 e. The van der Waals surface area contributed by atoms with Crippen molar-refractivity contribution in [3.8, 4) is 5.95 Å². The molecular weight excluding hydrogens is 310 g/mol. The second-order valence-electron chi connectivity index (χ2n) is 6.29. The summed E-state index contributed by atoms with van der Waals surface area (Å²) in [5, 5.41) is 9.50. The zero-order valence-corrected chi connectivity index (χ0v) is 13.9. The molecule has 0 amide bonds. The van der Waals surface area contributed by atoms with Crippen LogP contribution in [-0.2, 0) is 0 Å². The Morgan fingerprint density at radius 3 is 2.74 bits per heavy atom. The minimum Gasteiger partial charge on any atom is -0.367 e. The lowest BCUT2D eigenvalue weighted by Gasteiger charge is -2.14. The minimum atomic E-state index is 0.353. The number of nitrogens with one attached hydrogen (secondary N) is 1. The summed E-state index contributed by atoms with van der Waals surface area (Å²) in [6.45, 7) is 4.28. The lowest BCUT2D eigenvalue weighted by molar-refractivity contribution is 0.815. The Morgan fingerprint density at radius 1 is 1.26 bits per heavy atom. The van der Waals surface area contributed by atoms with Crippen molar-refractivity contribution in [3.63, 3.8) is 0 Å². The van der Waals surface area contributed by atoms with Gasteiger partial charge in [0.1, 0.15) is 5.82 Å². The van der Waals surface area contributed by atoms with Crippen LogP contribution in [0.15, 0.2) is 30.6 Å². The van der Waals surface area contributed by atoms with Gasteiger partial charge < -0.3 is 5.32 Å². The third kappa shape index (κ3) is 2.77. The molecule has 2 aromatic heterocycles. The Hall–Kier alpha value is -2.14. The highest BCUT2D eigenvalue weighted by atomic mass is 35.5. The number of halogens is 1. The van der Waals surface area contributed by atoms with Crippen molar-refractivity contribution in [2.24, 2.45) is 0 Å². The Labute approximate surface area is 139 Å². The Bertz CT molecular complexity index is 853. The molecule has 6 heteroatoms. The first-order chi connectivity index (χ1) is 11.1. The normalized spacial score (nSPS) is 14.6. The molecule has 1 aliphatic rings. The van der Waals surface area contributed by atoms with E-state index < -0.39 is 0 Å². The van der Waals surface area contributed by atoms with Gasteiger partial charge in [0.25, 0.3) is 5.95 Å². The van der Waals surface area contributed by atoms with Crippen molar-refractivity contribution in [1.82, 2.24) is 19.7 Å². The van der Waals surface area contributed by atoms with Crippen molar-refractivity contribution in [1.29, 1.82) is 0 Å². The minimum absolute atomic E-state index is 0.353. The van der Waals surface area contributed by atoms with Crippen molar-refractivity contribution in [3.05, 3.63) is 41.2 Å². The molecule has 23 heavy (non-hydrogen) atoms. The number of benzene rings is 1. The van der Waals surface area contributed by atoms with Crippen LogP contribution in [0.2, 0.25) is 5.02 Å². The van der Waals surface area contributed by atoms with Gasteiger partial charge in [-0.15, -0.1) is 0 Å². The van der Waals surface area contributed by atoms with E-state index in [2.05, 4.69) is 40.3 Å². The molecule has 0 spiro atoms. The van der Waals surface area contributed by atoms with Crippen LogP contribution in [0.3, 0.4) is 0 Å². The molecule has 2 heterocycles. The van der Waals surface area contributed by atoms with Crippen LogP contribution < -0.4 is 5.32 Å². The Morgan fingerprint density at radius 2 is 2.09 bits per heavy atom. The summed E-state index contributed by atoms with van der Waals surface area (Å²) in [7, 11) is 0. The standard InChI is InChI=1S/C17H18ClN5/c1-10(2)12-8-13-15(9-14(12)18)21-17(23-7-3-6-19-23)22-16(13)20-11-4-5-11/h3,6-11H,4-5H2,1-2H3,(H,20,21,22). The number of rotatable bonds is 4. The SMILES string of the molecule is CC(C)c1cc2c(NC3CC3)nc(-n3cccn3)nc2cc1Cl. The number of anilines is 1. The number of hydrogen-bond acceptors (Lipinski definition) is 4. The van der Waals surface area contributed by atoms with E-state index in [4.69, 9.17) is 11.6 Å². The fourth-order valence-corrected chi connectivity index (χ4v) is 2.99. The van der Waals surface area contributed by atoms with Crippen molar-refractivity contribution < 1.29 is 0 Å². The smallest absolute Gasteiger partial charge is 0.253 e. The van der Waals surface area contributed by atoms with E-state index in [1.807, 2.05) is 18.3 Å². The van der Waals surface area contributed by atoms with Gasteiger partial charge >= 0.3 is 0 Å². The molecule has 1 aromatic carbocycles. The summed E-state index contributed by atoms with van der Waals surface area (Å²) in [4.78, 5) is 9.32. The quantitative estimate of drug-likeness (QED) is 0.781. The van der Waals surface area contributed by atoms with Gasteiger partial charge in [-0.05, 0) is 42.5 Å². The molecule has 0 saturated heterocycles. The predicted octanol–water partition coefficient (Wildman–Crippen LogP) is 4.17. The third-order valence-corrected chi connectivity index (χ3v) is 4.38. The number of aromatic nitrogens is 4. The first kappa shape index (κ1) is 14.5. The highest BCUT2D eigenvalue weighted by molar-refractivity contribution is 6.32. The van der Waals surface area contributed by atoms with Crippen molar-refractivity contribution in [2.75, 3.05) is 5.32 Å². The molecule has 1 fully saturated rings. The summed E-state index contributed by atoms with van der Waals surface area (Å²) in [5.74, 6) is 1.77. The van der Waals surface area contributed by atoms with Gasteiger partial charge in [-0.25, -0.2) is 9.67 Å². The van der Waals surface area contributed by atoms with E-state index in [1.165, 1.54) is 12.8 Å². The molecule has 0 bridgehead atoms. The molecule has 0 atom stereocenters. The summed E-state index contributed by atoms with van der Waals surface area (Å²) in [6.07, 6.45) is 5.93. The second kappa shape index (κ2) is 5.49. The fraction of sp³-hybridized carbons (Fsp3) is 0.353. The van der Waals surface area contributed by atoms with Crippen LogP contribution >= 0.6 is 11.6 Å². The van der Waals surface area contributed by atoms with Crippen LogP contribution in [0.4, 0.5) is 5.82 Å². The third-order valence-electron chi connectivity index (χ3n) is 4.05. The monoisotopic (exact) mass is 327 g/mol. The molecule has 118 valence electrons. The second-order valence-corrected chi connectivity index (χ2v) is 6.69. The summed E-state index contributed by atoms with van der Waals surface area (Å²) >= 11 is 6.44. The van der Waals surface area contributed by atoms with Crippen LogP contribution in [-0.4, -0.2) is 25.8 Å². The first-order valence-corrected chi connectivity index (χ1v) is 8.27. The number of nitrogens with zero attached hydrogens (tertiary/aromatic N) is 4. The fourth-order valence-electron chi connectivity index (χ4n) is 2.62. The molecule has 1 N–H and O–H groups in total. The Kier molecular flexibility index (Phi) is 3.45. The maximum Gasteiger partial charge on any atom is 0.253 e. The molecule has 0 aliphatic heterocycles. The Balaban J connectivity index is 1.93. The number of hydrogen-bond donors (Lipinski definition) is 1. The highest BCUT2D eigenvalue weighted by Gasteiger charge is 2.23. The molecule has 4 rings (SSSR count). The van der Waals surface area contributed by atoms with Crippen molar-refractivity contribution in [2.45, 2.75) is 38.6 Å². The molecule has 0 radical (unpaired) electrons. The molecule has 1 saturated carbocycles. The zero-order valence-electron chi connectivity index (χ0n) is 13.1. The maximum absolute atomic E-state index is 6.44. The van der Waals surface area contributed by atoms with Crippen LogP contribution in [0, 0.1) is 0 Å². The van der Waals surface area contributed by atoms with E-state index in [0.717, 1.165) is 27.3 Å². The lowest BCUT2D eigenvalue weighted by Crippen LogP contribution is -2.09. The van der Waals surface area contributed by atoms with Crippen LogP contribution in [0.5, 0.6) is 0 Å². The van der Waals surface area contributed by atoms with E-state index in [0.29, 0.717) is 17.9 Å². The van der Waals surface area contributed by atoms with Gasteiger partial charge in [-0.2, -0.15) is 10.1 Å². The van der Waals surface area contributed by atoms with Gasteiger partial charge in [-0.3, -0.25) is 0 Å². The zero-order chi connectivity index (χ0) is 16.0. The van der Waals surface area contributed by atoms with Crippen molar-refractivity contribution >= 4 is 28.3 Å². The summed E-state index contributed by atoms with van der Waals surface area (Å²) in [6, 6.07) is 6.41. The van der Waals surface area contributed by atoms with Gasteiger partial charge in [0, 0.05) is 28.8 Å². The van der Waals surface area contributed by atoms with E-state index in [-0.39, 0.29) is 0 Å². The van der Waals surface area contributed by atoms with Crippen LogP contribution in [0.25, 0.3) is 16.9 Å². The summed E-state index contributed by atoms with van der Waals surface area (Å²) < 4.78 is 1.67. The molecule has 3 aromatic rings. The highest BCUT2D eigenvalue weighted by Crippen LogP contribution is 2.33. The number of fused-ring (bicyclic) bond motifs is 1. The topological polar surface area (TPSA) is 55.6 Å². The van der Waals surface area contributed by atoms with Crippen LogP contribution in [0.1, 0.15) is 38.2 Å². The van der Waals surface area contributed by atoms with E-state index in [9.17, 15) is 0 Å². The van der Waals surface area contributed by atoms with E-state index in [1.54, 1.807) is 10.9 Å². The van der Waals surface area contributed by atoms with Gasteiger partial charge in [0.2, 0.25) is 0 Å². The predicted molar refractivity (Wildman–Crippen MR) is 92.4 cm³/mol. The summed E-state index contributed by atoms with van der Waals surface area (Å²) in [5.41, 5.74) is 1.96. The lowest BCUT2D eigenvalue weighted by atomic mass is 10.0. The average molecular weight is 328 g/mol. The molecule has 1 aliphatic carbocycles. The van der Waals surface area contributed by atoms with Gasteiger partial charge in [0.15, 0.2) is 0 Å². The van der Waals surface area contributed by atoms with Gasteiger partial charge in [0.05, 0.1) is 5.52 Å². The van der Waals surface area contributed by atoms with Gasteiger partial charge in [-0.1, -0.05) is 25.4 Å². The molecular formula is C17H18ClN5.